The minimum absolute atomic E-state index is 0.00362. The topological polar surface area (TPSA) is 138 Å². The molecule has 3 heterocycles. The van der Waals surface area contributed by atoms with Crippen molar-refractivity contribution in [2.75, 3.05) is 35.1 Å². The first kappa shape index (κ1) is 32.9. The Morgan fingerprint density at radius 1 is 1.12 bits per heavy atom. The Bertz CT molecular complexity index is 2050. The summed E-state index contributed by atoms with van der Waals surface area (Å²) in [6.45, 7) is 9.00. The molecule has 48 heavy (non-hydrogen) atoms. The van der Waals surface area contributed by atoms with Crippen molar-refractivity contribution in [2.45, 2.75) is 38.8 Å². The summed E-state index contributed by atoms with van der Waals surface area (Å²) in [5.41, 5.74) is -2.02. The molecular formula is C34H32ClF2N6O5-. The summed E-state index contributed by atoms with van der Waals surface area (Å²) in [7, 11) is 1.40. The molecule has 3 N–H and O–H groups in total. The van der Waals surface area contributed by atoms with Gasteiger partial charge in [0.1, 0.15) is 23.2 Å². The molecular weight excluding hydrogens is 646 g/mol. The summed E-state index contributed by atoms with van der Waals surface area (Å²) >= 11 is 6.72. The smallest absolute Gasteiger partial charge is 0.281 e. The van der Waals surface area contributed by atoms with Crippen LogP contribution in [-0.4, -0.2) is 58.7 Å². The third-order valence-corrected chi connectivity index (χ3v) is 9.40. The predicted molar refractivity (Wildman–Crippen MR) is 178 cm³/mol. The number of hydrogen-bond acceptors (Lipinski definition) is 8. The number of rotatable bonds is 5. The molecule has 0 spiro atoms. The number of benzene rings is 3. The number of aromatic nitrogens is 1. The third kappa shape index (κ3) is 4.80. The Labute approximate surface area is 279 Å². The molecule has 2 unspecified atom stereocenters. The van der Waals surface area contributed by atoms with Gasteiger partial charge in [0.15, 0.2) is 5.82 Å². The van der Waals surface area contributed by atoms with Crippen molar-refractivity contribution in [3.63, 3.8) is 0 Å². The van der Waals surface area contributed by atoms with Crippen molar-refractivity contribution in [2.24, 2.45) is 5.84 Å². The van der Waals surface area contributed by atoms with Gasteiger partial charge in [-0.2, -0.15) is 5.17 Å². The molecule has 3 aromatic carbocycles. The highest BCUT2D eigenvalue weighted by atomic mass is 35.5. The van der Waals surface area contributed by atoms with E-state index < -0.39 is 57.6 Å². The van der Waals surface area contributed by atoms with E-state index in [-0.39, 0.29) is 58.1 Å². The molecule has 6 rings (SSSR count). The molecule has 0 aliphatic carbocycles. The molecule has 2 atom stereocenters. The van der Waals surface area contributed by atoms with Gasteiger partial charge in [0.05, 0.1) is 28.5 Å². The second-order valence-corrected chi connectivity index (χ2v) is 12.6. The van der Waals surface area contributed by atoms with Crippen LogP contribution in [0.1, 0.15) is 32.3 Å². The summed E-state index contributed by atoms with van der Waals surface area (Å²) in [5.74, 6) is 1.61. The Morgan fingerprint density at radius 3 is 2.44 bits per heavy atom. The molecule has 2 aliphatic rings. The maximum absolute atomic E-state index is 17.4. The predicted octanol–water partition coefficient (Wildman–Crippen LogP) is 4.42. The molecule has 4 aromatic rings. The fraction of sp³-hybridized carbons (Fsp3) is 0.265. The number of likely N-dealkylation sites (N-methyl/N-ethyl adjacent to an activating group) is 1. The molecule has 2 amide bonds. The van der Waals surface area contributed by atoms with Gasteiger partial charge < -0.3 is 19.8 Å². The number of anilines is 3. The van der Waals surface area contributed by atoms with Crippen LogP contribution in [-0.2, 0) is 9.59 Å². The van der Waals surface area contributed by atoms with Crippen molar-refractivity contribution in [1.29, 1.82) is 0 Å². The van der Waals surface area contributed by atoms with Gasteiger partial charge in [-0.3, -0.25) is 24.2 Å². The summed E-state index contributed by atoms with van der Waals surface area (Å²) in [6.07, 6.45) is 1.15. The van der Waals surface area contributed by atoms with Crippen LogP contribution < -0.4 is 31.5 Å². The molecule has 14 heteroatoms. The van der Waals surface area contributed by atoms with E-state index >= 15 is 8.78 Å². The van der Waals surface area contributed by atoms with E-state index in [0.717, 1.165) is 27.7 Å². The van der Waals surface area contributed by atoms with E-state index in [9.17, 15) is 24.7 Å². The van der Waals surface area contributed by atoms with Gasteiger partial charge in [0.2, 0.25) is 5.91 Å². The van der Waals surface area contributed by atoms with Crippen LogP contribution in [0.2, 0.25) is 5.02 Å². The largest absolute Gasteiger partial charge is 0.872 e. The fourth-order valence-corrected chi connectivity index (χ4v) is 7.15. The highest BCUT2D eigenvalue weighted by Crippen LogP contribution is 2.48. The zero-order chi connectivity index (χ0) is 34.9. The number of pyridine rings is 1. The Balaban J connectivity index is 1.82. The quantitative estimate of drug-likeness (QED) is 0.180. The minimum atomic E-state index is -1.18. The van der Waals surface area contributed by atoms with E-state index in [4.69, 9.17) is 17.4 Å². The Morgan fingerprint density at radius 2 is 1.81 bits per heavy atom. The highest BCUT2D eigenvalue weighted by molar-refractivity contribution is 6.35. The number of halogens is 3. The summed E-state index contributed by atoms with van der Waals surface area (Å²) in [6, 6.07) is 7.87. The van der Waals surface area contributed by atoms with Crippen LogP contribution in [0.5, 0.6) is 5.75 Å². The lowest BCUT2D eigenvalue weighted by atomic mass is 9.94. The van der Waals surface area contributed by atoms with Gasteiger partial charge >= 0.3 is 0 Å². The standard InChI is InChI=1S/C34H33ClF2N6O5/c1-6-25(45)40-15-23-33(46)39(5)32-31(41(23)14-17(40)4)19-13-20(35)26(27-21(36)10-8-12-24(27)44)28(37)30(19)42(34(32)47)29-18(16(2)3)9-7-11-22(29)43(38)48/h6-13,16-17,23,44,48H,1,14-15,38H2,2-5H3/p-1. The summed E-state index contributed by atoms with van der Waals surface area (Å²) in [5, 5.41) is 23.5. The maximum atomic E-state index is 17.4. The normalized spacial score (nSPS) is 17.5. The number of carbonyl (C=O) groups is 2. The number of carbonyl (C=O) groups excluding carboxylic acids is 2. The number of nitrogens with two attached hydrogens (primary N) is 1. The SMILES string of the molecule is C=CC(=O)N1CC2C(=O)N(C)c3c(c4cc(Cl)c(-c5c([O-])cccc5F)c(F)c4n(-c4c(C(C)C)cccc4N(N)O)c3=O)N2CC1C. The highest BCUT2D eigenvalue weighted by Gasteiger charge is 2.46. The zero-order valence-corrected chi connectivity index (χ0v) is 27.3. The van der Waals surface area contributed by atoms with Gasteiger partial charge in [0.25, 0.3) is 11.5 Å². The minimum Gasteiger partial charge on any atom is -0.872 e. The first-order valence-electron chi connectivity index (χ1n) is 15.1. The van der Waals surface area contributed by atoms with Crippen LogP contribution in [0, 0.1) is 11.6 Å². The zero-order valence-electron chi connectivity index (χ0n) is 26.5. The molecule has 2 aliphatic heterocycles. The fourth-order valence-electron chi connectivity index (χ4n) is 6.86. The van der Waals surface area contributed by atoms with E-state index in [0.29, 0.717) is 10.7 Å². The summed E-state index contributed by atoms with van der Waals surface area (Å²) < 4.78 is 33.7. The second kappa shape index (κ2) is 11.9. The Kier molecular flexibility index (Phi) is 8.18. The lowest BCUT2D eigenvalue weighted by molar-refractivity contribution is -0.267. The van der Waals surface area contributed by atoms with E-state index in [2.05, 4.69) is 6.58 Å². The number of hydrogen-bond donors (Lipinski definition) is 2. The second-order valence-electron chi connectivity index (χ2n) is 12.2. The molecule has 1 saturated heterocycles. The summed E-state index contributed by atoms with van der Waals surface area (Å²) in [4.78, 5) is 45.9. The lowest BCUT2D eigenvalue weighted by Gasteiger charge is -2.50. The Hall–Kier alpha value is -4.98. The van der Waals surface area contributed by atoms with Crippen molar-refractivity contribution in [1.82, 2.24) is 9.47 Å². The van der Waals surface area contributed by atoms with Crippen molar-refractivity contribution >= 4 is 51.4 Å². The molecule has 0 saturated carbocycles. The van der Waals surface area contributed by atoms with Crippen molar-refractivity contribution < 1.29 is 28.7 Å². The number of piperazine rings is 1. The van der Waals surface area contributed by atoms with Gasteiger partial charge in [-0.05, 0) is 42.7 Å². The van der Waals surface area contributed by atoms with Gasteiger partial charge in [-0.1, -0.05) is 62.0 Å². The van der Waals surface area contributed by atoms with Crippen molar-refractivity contribution in [3.8, 4) is 22.6 Å². The molecule has 1 fully saturated rings. The van der Waals surface area contributed by atoms with Crippen LogP contribution in [0.4, 0.5) is 25.8 Å². The van der Waals surface area contributed by atoms with Gasteiger partial charge in [0, 0.05) is 36.1 Å². The molecule has 0 bridgehead atoms. The average Bonchev–Trinajstić information content (AvgIpc) is 3.03. The van der Waals surface area contributed by atoms with E-state index in [1.807, 2.05) is 13.8 Å². The third-order valence-electron chi connectivity index (χ3n) is 9.10. The number of amides is 2. The average molecular weight is 678 g/mol. The van der Waals surface area contributed by atoms with E-state index in [1.54, 1.807) is 24.0 Å². The molecule has 250 valence electrons. The maximum Gasteiger partial charge on any atom is 0.281 e. The first-order valence-corrected chi connectivity index (χ1v) is 15.5. The number of fused-ring (bicyclic) bond motifs is 5. The van der Waals surface area contributed by atoms with Crippen LogP contribution in [0.25, 0.3) is 27.7 Å². The molecule has 11 nitrogen and oxygen atoms in total. The van der Waals surface area contributed by atoms with Gasteiger partial charge in [-0.25, -0.2) is 14.6 Å². The van der Waals surface area contributed by atoms with Crippen LogP contribution in [0.3, 0.4) is 0 Å². The van der Waals surface area contributed by atoms with Crippen LogP contribution in [0.15, 0.2) is 59.9 Å². The molecule has 1 aromatic heterocycles. The van der Waals surface area contributed by atoms with E-state index in [1.165, 1.54) is 30.1 Å². The molecule has 0 radical (unpaired) electrons. The number of para-hydroxylation sites is 1. The van der Waals surface area contributed by atoms with Gasteiger partial charge in [-0.15, -0.1) is 0 Å². The number of hydrazine groups is 1. The first-order chi connectivity index (χ1) is 22.7. The lowest BCUT2D eigenvalue weighted by Crippen LogP contribution is -2.66. The number of nitrogens with zero attached hydrogens (tertiary/aromatic N) is 5. The monoisotopic (exact) mass is 677 g/mol. The van der Waals surface area contributed by atoms with Crippen molar-refractivity contribution in [3.05, 3.63) is 87.7 Å². The van der Waals surface area contributed by atoms with Crippen LogP contribution >= 0.6 is 11.6 Å².